The highest BCUT2D eigenvalue weighted by molar-refractivity contribution is 7.88. The number of hydrogen-bond donors (Lipinski definition) is 1. The average Bonchev–Trinajstić information content (AvgIpc) is 3.10. The van der Waals surface area contributed by atoms with Crippen LogP contribution in [0.2, 0.25) is 5.02 Å². The molecule has 1 aromatic carbocycles. The lowest BCUT2D eigenvalue weighted by Gasteiger charge is -2.19. The van der Waals surface area contributed by atoms with Crippen LogP contribution in [0.1, 0.15) is 23.7 Å². The predicted molar refractivity (Wildman–Crippen MR) is 83.2 cm³/mol. The molecule has 1 aliphatic rings. The molecule has 0 unspecified atom stereocenters. The number of rotatable bonds is 4. The molecular formula is C14H15ClFN3O4S. The van der Waals surface area contributed by atoms with Crippen LogP contribution in [0.15, 0.2) is 22.7 Å². The van der Waals surface area contributed by atoms with Crippen LogP contribution in [-0.4, -0.2) is 41.1 Å². The van der Waals surface area contributed by atoms with Gasteiger partial charge in [0.15, 0.2) is 11.4 Å². The molecule has 1 atom stereocenters. The normalized spacial score (nSPS) is 22.2. The third-order valence-electron chi connectivity index (χ3n) is 3.88. The number of nitrogens with zero attached hydrogens (tertiary/aromatic N) is 3. The highest BCUT2D eigenvalue weighted by Crippen LogP contribution is 2.33. The summed E-state index contributed by atoms with van der Waals surface area (Å²) in [5, 5.41) is 14.4. The summed E-state index contributed by atoms with van der Waals surface area (Å²) in [5.74, 6) is -0.865. The Morgan fingerprint density at radius 2 is 2.25 bits per heavy atom. The summed E-state index contributed by atoms with van der Waals surface area (Å²) in [7, 11) is -3.84. The second-order valence-corrected chi connectivity index (χ2v) is 8.16. The topological polar surface area (TPSA) is 96.5 Å². The summed E-state index contributed by atoms with van der Waals surface area (Å²) < 4.78 is 44.9. The van der Waals surface area contributed by atoms with Gasteiger partial charge in [0.1, 0.15) is 5.82 Å². The van der Waals surface area contributed by atoms with Crippen molar-refractivity contribution in [3.8, 4) is 0 Å². The van der Waals surface area contributed by atoms with E-state index in [0.717, 1.165) is 10.4 Å². The van der Waals surface area contributed by atoms with E-state index in [-0.39, 0.29) is 36.0 Å². The maximum absolute atomic E-state index is 13.8. The van der Waals surface area contributed by atoms with Gasteiger partial charge in [-0.1, -0.05) is 16.8 Å². The average molecular weight is 376 g/mol. The molecule has 0 aliphatic carbocycles. The van der Waals surface area contributed by atoms with Gasteiger partial charge >= 0.3 is 0 Å². The van der Waals surface area contributed by atoms with Gasteiger partial charge in [-0.25, -0.2) is 12.8 Å². The van der Waals surface area contributed by atoms with Crippen LogP contribution in [0.3, 0.4) is 0 Å². The molecule has 1 aromatic heterocycles. The second kappa shape index (κ2) is 6.07. The number of halogens is 2. The molecule has 10 heteroatoms. The van der Waals surface area contributed by atoms with Gasteiger partial charge in [-0.15, -0.1) is 0 Å². The Hall–Kier alpha value is -1.55. The molecular weight excluding hydrogens is 361 g/mol. The Bertz CT molecular complexity index is 873. The fourth-order valence-electron chi connectivity index (χ4n) is 2.60. The van der Waals surface area contributed by atoms with E-state index in [9.17, 15) is 17.9 Å². The van der Waals surface area contributed by atoms with Gasteiger partial charge in [0.2, 0.25) is 10.0 Å². The number of β-amino-alcohol motifs (C(OH)–C–C–N with tert-alkyl or cyclic N) is 1. The van der Waals surface area contributed by atoms with Crippen molar-refractivity contribution < 1.29 is 22.4 Å². The SMILES string of the molecule is Cc1noc([C@]2(O)CCN(S(=O)(=O)Cc3cc(Cl)ccc3F)C2)n1. The number of aryl methyl sites for hydroxylation is 1. The highest BCUT2D eigenvalue weighted by Gasteiger charge is 2.46. The largest absolute Gasteiger partial charge is 0.379 e. The minimum atomic E-state index is -3.84. The molecule has 0 spiro atoms. The van der Waals surface area contributed by atoms with Crippen LogP contribution >= 0.6 is 11.6 Å². The Labute approximate surface area is 143 Å². The third-order valence-corrected chi connectivity index (χ3v) is 5.89. The van der Waals surface area contributed by atoms with Crippen molar-refractivity contribution in [3.63, 3.8) is 0 Å². The summed E-state index contributed by atoms with van der Waals surface area (Å²) in [6.45, 7) is 1.45. The molecule has 2 heterocycles. The first-order chi connectivity index (χ1) is 11.2. The van der Waals surface area contributed by atoms with Gasteiger partial charge in [0.05, 0.1) is 12.3 Å². The van der Waals surface area contributed by atoms with E-state index >= 15 is 0 Å². The standard InChI is InChI=1S/C14H15ClFN3O4S/c1-9-17-13(23-18-9)14(20)4-5-19(8-14)24(21,22)7-10-6-11(15)2-3-12(10)16/h2-3,6,20H,4-5,7-8H2,1H3/t14-/m0/s1. The van der Waals surface area contributed by atoms with Crippen molar-refractivity contribution >= 4 is 21.6 Å². The molecule has 0 saturated carbocycles. The summed E-state index contributed by atoms with van der Waals surface area (Å²) in [6.07, 6.45) is 0.117. The van der Waals surface area contributed by atoms with Gasteiger partial charge in [-0.05, 0) is 25.1 Å². The molecule has 24 heavy (non-hydrogen) atoms. The van der Waals surface area contributed by atoms with Crippen molar-refractivity contribution in [1.29, 1.82) is 0 Å². The highest BCUT2D eigenvalue weighted by atomic mass is 35.5. The van der Waals surface area contributed by atoms with E-state index in [1.54, 1.807) is 6.92 Å². The van der Waals surface area contributed by atoms with Crippen molar-refractivity contribution in [2.45, 2.75) is 24.7 Å². The first-order valence-electron chi connectivity index (χ1n) is 7.14. The minimum Gasteiger partial charge on any atom is -0.379 e. The van der Waals surface area contributed by atoms with Gasteiger partial charge in [0.25, 0.3) is 5.89 Å². The Kier molecular flexibility index (Phi) is 4.37. The lowest BCUT2D eigenvalue weighted by molar-refractivity contribution is 0.0194. The predicted octanol–water partition coefficient (Wildman–Crippen LogP) is 1.59. The number of aromatic nitrogens is 2. The first-order valence-corrected chi connectivity index (χ1v) is 9.13. The Balaban J connectivity index is 1.80. The molecule has 1 aliphatic heterocycles. The lowest BCUT2D eigenvalue weighted by Crippen LogP contribution is -2.35. The molecule has 1 saturated heterocycles. The smallest absolute Gasteiger partial charge is 0.260 e. The Morgan fingerprint density at radius 3 is 2.92 bits per heavy atom. The molecule has 0 radical (unpaired) electrons. The van der Waals surface area contributed by atoms with Gasteiger partial charge in [0, 0.05) is 23.6 Å². The van der Waals surface area contributed by atoms with Crippen molar-refractivity contribution in [2.24, 2.45) is 0 Å². The Morgan fingerprint density at radius 1 is 1.50 bits per heavy atom. The lowest BCUT2D eigenvalue weighted by atomic mass is 10.0. The van der Waals surface area contributed by atoms with E-state index in [0.29, 0.717) is 5.82 Å². The zero-order chi connectivity index (χ0) is 17.5. The molecule has 7 nitrogen and oxygen atoms in total. The first kappa shape index (κ1) is 17.3. The fourth-order valence-corrected chi connectivity index (χ4v) is 4.37. The second-order valence-electron chi connectivity index (χ2n) is 5.75. The van der Waals surface area contributed by atoms with Crippen LogP contribution < -0.4 is 0 Å². The summed E-state index contributed by atoms with van der Waals surface area (Å²) in [6, 6.07) is 3.74. The molecule has 2 aromatic rings. The molecule has 130 valence electrons. The third kappa shape index (κ3) is 3.30. The van der Waals surface area contributed by atoms with Crippen molar-refractivity contribution in [1.82, 2.24) is 14.4 Å². The number of hydrogen-bond acceptors (Lipinski definition) is 6. The fraction of sp³-hybridized carbons (Fsp3) is 0.429. The van der Waals surface area contributed by atoms with Crippen LogP contribution in [-0.2, 0) is 21.4 Å². The number of benzene rings is 1. The molecule has 1 fully saturated rings. The summed E-state index contributed by atoms with van der Waals surface area (Å²) >= 11 is 5.79. The van der Waals surface area contributed by atoms with Gasteiger partial charge in [-0.2, -0.15) is 9.29 Å². The maximum atomic E-state index is 13.8. The van der Waals surface area contributed by atoms with Gasteiger partial charge in [-0.3, -0.25) is 0 Å². The van der Waals surface area contributed by atoms with E-state index in [2.05, 4.69) is 10.1 Å². The molecule has 0 bridgehead atoms. The summed E-state index contributed by atoms with van der Waals surface area (Å²) in [5.41, 5.74) is -1.56. The monoisotopic (exact) mass is 375 g/mol. The van der Waals surface area contributed by atoms with Gasteiger partial charge < -0.3 is 9.63 Å². The zero-order valence-corrected chi connectivity index (χ0v) is 14.3. The van der Waals surface area contributed by atoms with E-state index < -0.39 is 27.2 Å². The molecule has 0 amide bonds. The van der Waals surface area contributed by atoms with E-state index in [1.165, 1.54) is 12.1 Å². The number of sulfonamides is 1. The zero-order valence-electron chi connectivity index (χ0n) is 12.7. The van der Waals surface area contributed by atoms with Crippen LogP contribution in [0.25, 0.3) is 0 Å². The van der Waals surface area contributed by atoms with Crippen molar-refractivity contribution in [2.75, 3.05) is 13.1 Å². The van der Waals surface area contributed by atoms with Crippen LogP contribution in [0.5, 0.6) is 0 Å². The van der Waals surface area contributed by atoms with Crippen LogP contribution in [0.4, 0.5) is 4.39 Å². The number of aliphatic hydroxyl groups is 1. The minimum absolute atomic E-state index is 0.0216. The van der Waals surface area contributed by atoms with Crippen molar-refractivity contribution in [3.05, 3.63) is 46.3 Å². The maximum Gasteiger partial charge on any atom is 0.260 e. The van der Waals surface area contributed by atoms with Crippen LogP contribution in [0, 0.1) is 12.7 Å². The molecule has 1 N–H and O–H groups in total. The quantitative estimate of drug-likeness (QED) is 0.871. The summed E-state index contributed by atoms with van der Waals surface area (Å²) in [4.78, 5) is 3.96. The molecule has 3 rings (SSSR count). The van der Waals surface area contributed by atoms with E-state index in [1.807, 2.05) is 0 Å². The van der Waals surface area contributed by atoms with E-state index in [4.69, 9.17) is 16.1 Å².